The first kappa shape index (κ1) is 29.5. The predicted octanol–water partition coefficient (Wildman–Crippen LogP) is 5.07. The van der Waals surface area contributed by atoms with E-state index in [1.807, 2.05) is 36.4 Å². The van der Waals surface area contributed by atoms with E-state index in [9.17, 15) is 18.8 Å². The van der Waals surface area contributed by atoms with E-state index in [2.05, 4.69) is 32.3 Å². The molecule has 1 amide bonds. The molecule has 2 saturated heterocycles. The molecule has 10 heteroatoms. The van der Waals surface area contributed by atoms with Gasteiger partial charge >= 0.3 is 11.9 Å². The van der Waals surface area contributed by atoms with Crippen LogP contribution in [-0.2, 0) is 16.1 Å². The summed E-state index contributed by atoms with van der Waals surface area (Å²) >= 11 is 0. The fraction of sp³-hybridized carbons (Fsp3) is 0.242. The maximum atomic E-state index is 13.5. The van der Waals surface area contributed by atoms with Gasteiger partial charge in [0, 0.05) is 60.3 Å². The summed E-state index contributed by atoms with van der Waals surface area (Å²) < 4.78 is 13.5. The molecule has 2 aliphatic heterocycles. The van der Waals surface area contributed by atoms with Crippen molar-refractivity contribution in [2.24, 2.45) is 0 Å². The number of carbonyl (C=O) groups is 3. The standard InChI is InChI=1S/C29H27FN4O.C4H4O4/c30-23-8-7-20-11-19(5-6-21(20)12-23)17-34-25-9-10-26(34)14-24(13-25)33-29(35)28-4-2-1-3-27(28)22-15-31-18-32-16-22;5-3(6)1-2-4(7)8/h1-8,11-12,15-16,18,24-26H,9-10,13-14,17H2,(H,33,35);1-2H,(H,5,6)(H,7,8)/b;2-1+/t24?,25-,26+;. The first-order valence-electron chi connectivity index (χ1n) is 14.0. The van der Waals surface area contributed by atoms with E-state index in [1.165, 1.54) is 18.0 Å². The van der Waals surface area contributed by atoms with Crippen LogP contribution in [0, 0.1) is 5.82 Å². The number of aliphatic carboxylic acids is 2. The maximum Gasteiger partial charge on any atom is 0.328 e. The number of carbonyl (C=O) groups excluding carboxylic acids is 1. The van der Waals surface area contributed by atoms with Crippen LogP contribution in [0.2, 0.25) is 0 Å². The molecule has 0 aliphatic carbocycles. The Labute approximate surface area is 247 Å². The summed E-state index contributed by atoms with van der Waals surface area (Å²) in [7, 11) is 0. The fourth-order valence-corrected chi connectivity index (χ4v) is 6.00. The van der Waals surface area contributed by atoms with Crippen LogP contribution in [0.25, 0.3) is 21.9 Å². The molecule has 3 aromatic carbocycles. The van der Waals surface area contributed by atoms with Gasteiger partial charge in [-0.3, -0.25) is 9.69 Å². The monoisotopic (exact) mass is 582 g/mol. The molecular formula is C33H31FN4O5. The third-order valence-electron chi connectivity index (χ3n) is 7.86. The Bertz CT molecular complexity index is 1630. The minimum absolute atomic E-state index is 0.0379. The van der Waals surface area contributed by atoms with Crippen molar-refractivity contribution >= 4 is 28.6 Å². The van der Waals surface area contributed by atoms with Crippen molar-refractivity contribution in [3.8, 4) is 11.1 Å². The molecule has 0 saturated carbocycles. The van der Waals surface area contributed by atoms with Crippen molar-refractivity contribution in [3.05, 3.63) is 108 Å². The number of carboxylic acid groups (broad SMARTS) is 2. The molecule has 2 bridgehead atoms. The van der Waals surface area contributed by atoms with Crippen LogP contribution in [0.5, 0.6) is 0 Å². The fourth-order valence-electron chi connectivity index (χ4n) is 6.00. The zero-order valence-corrected chi connectivity index (χ0v) is 23.3. The number of hydrogen-bond acceptors (Lipinski definition) is 6. The number of nitrogens with one attached hydrogen (secondary N) is 1. The number of fused-ring (bicyclic) bond motifs is 3. The molecule has 3 heterocycles. The predicted molar refractivity (Wildman–Crippen MR) is 159 cm³/mol. The Morgan fingerprint density at radius 2 is 1.51 bits per heavy atom. The number of halogens is 1. The smallest absolute Gasteiger partial charge is 0.328 e. The Morgan fingerprint density at radius 1 is 0.884 bits per heavy atom. The zero-order valence-electron chi connectivity index (χ0n) is 23.3. The average Bonchev–Trinajstić information content (AvgIpc) is 3.23. The molecule has 1 aromatic heterocycles. The number of piperidine rings is 1. The van der Waals surface area contributed by atoms with Crippen LogP contribution < -0.4 is 5.32 Å². The molecule has 43 heavy (non-hydrogen) atoms. The first-order valence-corrected chi connectivity index (χ1v) is 14.0. The molecule has 1 unspecified atom stereocenters. The molecule has 9 nitrogen and oxygen atoms in total. The van der Waals surface area contributed by atoms with Crippen molar-refractivity contribution in [3.63, 3.8) is 0 Å². The second-order valence-corrected chi connectivity index (χ2v) is 10.7. The highest BCUT2D eigenvalue weighted by molar-refractivity contribution is 6.01. The van der Waals surface area contributed by atoms with Crippen LogP contribution in [0.15, 0.2) is 91.5 Å². The minimum Gasteiger partial charge on any atom is -0.478 e. The summed E-state index contributed by atoms with van der Waals surface area (Å²) in [6, 6.07) is 20.0. The Hall–Kier alpha value is -4.96. The number of carboxylic acids is 2. The van der Waals surface area contributed by atoms with Crippen LogP contribution >= 0.6 is 0 Å². The van der Waals surface area contributed by atoms with Gasteiger partial charge in [0.15, 0.2) is 0 Å². The number of hydrogen-bond donors (Lipinski definition) is 3. The van der Waals surface area contributed by atoms with Gasteiger partial charge in [0.05, 0.1) is 0 Å². The van der Waals surface area contributed by atoms with Gasteiger partial charge in [0.1, 0.15) is 12.1 Å². The third kappa shape index (κ3) is 7.47. The van der Waals surface area contributed by atoms with Gasteiger partial charge in [-0.1, -0.05) is 36.4 Å². The quantitative estimate of drug-likeness (QED) is 0.257. The van der Waals surface area contributed by atoms with Gasteiger partial charge in [-0.25, -0.2) is 23.9 Å². The lowest BCUT2D eigenvalue weighted by atomic mass is 9.95. The van der Waals surface area contributed by atoms with E-state index in [-0.39, 0.29) is 17.8 Å². The van der Waals surface area contributed by atoms with E-state index >= 15 is 0 Å². The highest BCUT2D eigenvalue weighted by Gasteiger charge is 2.41. The van der Waals surface area contributed by atoms with Crippen molar-refractivity contribution in [2.75, 3.05) is 0 Å². The topological polar surface area (TPSA) is 133 Å². The number of rotatable bonds is 7. The molecule has 3 N–H and O–H groups in total. The second kappa shape index (κ2) is 13.3. The van der Waals surface area contributed by atoms with Gasteiger partial charge < -0.3 is 15.5 Å². The van der Waals surface area contributed by atoms with Crippen molar-refractivity contribution < 1.29 is 29.0 Å². The van der Waals surface area contributed by atoms with Crippen LogP contribution in [-0.4, -0.2) is 61.1 Å². The van der Waals surface area contributed by atoms with E-state index in [1.54, 1.807) is 18.5 Å². The Kier molecular flexibility index (Phi) is 9.17. The Balaban J connectivity index is 0.000000407. The molecule has 2 aliphatic rings. The van der Waals surface area contributed by atoms with Crippen molar-refractivity contribution in [1.29, 1.82) is 0 Å². The van der Waals surface area contributed by atoms with Gasteiger partial charge in [0.2, 0.25) is 0 Å². The largest absolute Gasteiger partial charge is 0.478 e. The van der Waals surface area contributed by atoms with E-state index in [4.69, 9.17) is 10.2 Å². The summed E-state index contributed by atoms with van der Waals surface area (Å²) in [4.78, 5) is 43.2. The summed E-state index contributed by atoms with van der Waals surface area (Å²) in [5.74, 6) is -2.75. The molecule has 220 valence electrons. The van der Waals surface area contributed by atoms with Gasteiger partial charge in [0.25, 0.3) is 5.91 Å². The zero-order chi connectivity index (χ0) is 30.3. The van der Waals surface area contributed by atoms with Crippen molar-refractivity contribution in [2.45, 2.75) is 50.4 Å². The number of aromatic nitrogens is 2. The maximum absolute atomic E-state index is 13.5. The lowest BCUT2D eigenvalue weighted by Gasteiger charge is -2.39. The number of benzene rings is 3. The van der Waals surface area contributed by atoms with Crippen LogP contribution in [0.4, 0.5) is 4.39 Å². The number of amides is 1. The molecule has 2 fully saturated rings. The van der Waals surface area contributed by atoms with Gasteiger partial charge in [-0.15, -0.1) is 0 Å². The van der Waals surface area contributed by atoms with E-state index < -0.39 is 11.9 Å². The third-order valence-corrected chi connectivity index (χ3v) is 7.86. The lowest BCUT2D eigenvalue weighted by Crippen LogP contribution is -2.50. The molecule has 4 aromatic rings. The van der Waals surface area contributed by atoms with Gasteiger partial charge in [-0.05, 0) is 71.8 Å². The van der Waals surface area contributed by atoms with Gasteiger partial charge in [-0.2, -0.15) is 0 Å². The average molecular weight is 583 g/mol. The van der Waals surface area contributed by atoms with E-state index in [0.29, 0.717) is 29.8 Å². The normalized spacial score (nSPS) is 19.5. The number of nitrogens with zero attached hydrogens (tertiary/aromatic N) is 3. The second-order valence-electron chi connectivity index (χ2n) is 10.7. The Morgan fingerprint density at radius 3 is 2.19 bits per heavy atom. The summed E-state index contributed by atoms with van der Waals surface area (Å²) in [5.41, 5.74) is 3.60. The molecule has 0 radical (unpaired) electrons. The summed E-state index contributed by atoms with van der Waals surface area (Å²) in [6.45, 7) is 0.889. The van der Waals surface area contributed by atoms with Crippen LogP contribution in [0.1, 0.15) is 41.6 Å². The lowest BCUT2D eigenvalue weighted by molar-refractivity contribution is -0.134. The van der Waals surface area contributed by atoms with E-state index in [0.717, 1.165) is 54.1 Å². The molecular weight excluding hydrogens is 551 g/mol. The molecule has 6 rings (SSSR count). The van der Waals surface area contributed by atoms with Crippen LogP contribution in [0.3, 0.4) is 0 Å². The molecule has 0 spiro atoms. The highest BCUT2D eigenvalue weighted by atomic mass is 19.1. The molecule has 3 atom stereocenters. The van der Waals surface area contributed by atoms with Crippen molar-refractivity contribution in [1.82, 2.24) is 20.2 Å². The SMILES string of the molecule is O=C(NC1C[C@H]2CC[C@@H](C1)N2Cc1ccc2cc(F)ccc2c1)c1ccccc1-c1cncnc1.O=C(O)/C=C/C(=O)O. The summed E-state index contributed by atoms with van der Waals surface area (Å²) in [5, 5.41) is 20.9. The highest BCUT2D eigenvalue weighted by Crippen LogP contribution is 2.37. The minimum atomic E-state index is -1.26. The summed E-state index contributed by atoms with van der Waals surface area (Å²) in [6.07, 6.45) is 10.3. The first-order chi connectivity index (χ1) is 20.8.